The smallest absolute Gasteiger partial charge is 0.406 e. The number of benzene rings is 1. The van der Waals surface area contributed by atoms with Gasteiger partial charge in [0.05, 0.1) is 26.4 Å². The fourth-order valence-corrected chi connectivity index (χ4v) is 5.81. The highest BCUT2D eigenvalue weighted by molar-refractivity contribution is 6.36. The van der Waals surface area contributed by atoms with Gasteiger partial charge in [-0.2, -0.15) is 0 Å². The average molecular weight is 580 g/mol. The van der Waals surface area contributed by atoms with Crippen LogP contribution >= 0.6 is 11.6 Å². The summed E-state index contributed by atoms with van der Waals surface area (Å²) >= 11 is 6.27. The van der Waals surface area contributed by atoms with Gasteiger partial charge in [-0.3, -0.25) is 4.79 Å². The van der Waals surface area contributed by atoms with E-state index in [9.17, 15) is 19.2 Å². The Kier molecular flexibility index (Phi) is 13.0. The fourth-order valence-electron chi connectivity index (χ4n) is 5.61. The molecule has 2 fully saturated rings. The van der Waals surface area contributed by atoms with Crippen molar-refractivity contribution in [3.63, 3.8) is 0 Å². The fraction of sp³-hybridized carbons (Fsp3) is 0.655. The number of hydrogen-bond acceptors (Lipinski definition) is 7. The molecule has 0 radical (unpaired) electrons. The number of likely N-dealkylation sites (tertiary alicyclic amines) is 1. The van der Waals surface area contributed by atoms with Crippen LogP contribution in [0, 0.1) is 11.8 Å². The number of urea groups is 1. The minimum atomic E-state index is -0.917. The molecule has 2 N–H and O–H groups in total. The number of esters is 1. The Morgan fingerprint density at radius 2 is 1.88 bits per heavy atom. The topological polar surface area (TPSA) is 123 Å². The third kappa shape index (κ3) is 9.66. The molecule has 2 aliphatic rings. The van der Waals surface area contributed by atoms with Crippen molar-refractivity contribution in [2.24, 2.45) is 11.8 Å². The van der Waals surface area contributed by atoms with Gasteiger partial charge in [0.25, 0.3) is 5.78 Å². The lowest BCUT2D eigenvalue weighted by molar-refractivity contribution is -0.154. The molecule has 1 aromatic carbocycles. The molecule has 222 valence electrons. The quantitative estimate of drug-likeness (QED) is 0.210. The molecule has 1 saturated carbocycles. The van der Waals surface area contributed by atoms with Crippen LogP contribution in [0.1, 0.15) is 70.0 Å². The highest BCUT2D eigenvalue weighted by Gasteiger charge is 2.35. The summed E-state index contributed by atoms with van der Waals surface area (Å²) in [6, 6.07) is 6.12. The second-order valence-corrected chi connectivity index (χ2v) is 10.9. The second-order valence-electron chi connectivity index (χ2n) is 10.4. The first-order valence-corrected chi connectivity index (χ1v) is 14.6. The summed E-state index contributed by atoms with van der Waals surface area (Å²) in [4.78, 5) is 51.8. The molecule has 3 amide bonds. The zero-order valence-electron chi connectivity index (χ0n) is 23.5. The highest BCUT2D eigenvalue weighted by Crippen LogP contribution is 2.34. The molecule has 1 aliphatic carbocycles. The van der Waals surface area contributed by atoms with Crippen molar-refractivity contribution in [2.45, 2.75) is 70.4 Å². The van der Waals surface area contributed by atoms with E-state index in [1.165, 1.54) is 13.5 Å². The summed E-state index contributed by atoms with van der Waals surface area (Å²) in [6.45, 7) is 3.18. The van der Waals surface area contributed by atoms with Gasteiger partial charge in [-0.1, -0.05) is 55.8 Å². The van der Waals surface area contributed by atoms with E-state index >= 15 is 0 Å². The molecule has 1 aliphatic heterocycles. The summed E-state index contributed by atoms with van der Waals surface area (Å²) in [5.41, 5.74) is 0.880. The van der Waals surface area contributed by atoms with Crippen molar-refractivity contribution in [3.8, 4) is 0 Å². The van der Waals surface area contributed by atoms with E-state index in [1.54, 1.807) is 17.9 Å². The van der Waals surface area contributed by atoms with E-state index in [2.05, 4.69) is 15.4 Å². The maximum absolute atomic E-state index is 13.4. The molecule has 1 heterocycles. The van der Waals surface area contributed by atoms with Crippen LogP contribution in [0.2, 0.25) is 5.02 Å². The molecule has 10 nitrogen and oxygen atoms in total. The van der Waals surface area contributed by atoms with Crippen LogP contribution in [0.4, 0.5) is 9.59 Å². The lowest BCUT2D eigenvalue weighted by Crippen LogP contribution is -2.53. The highest BCUT2D eigenvalue weighted by atomic mass is 35.5. The molecule has 1 saturated heterocycles. The SMILES string of the molecule is CCOC(=O)C(=O)C(CC1CCCCC1)NC(=O)N1CCCC(C(OCCNC(=O)OC)c2cccc(Cl)c2)C1. The predicted molar refractivity (Wildman–Crippen MR) is 150 cm³/mol. The third-order valence-electron chi connectivity index (χ3n) is 7.59. The van der Waals surface area contributed by atoms with Gasteiger partial charge in [0.15, 0.2) is 0 Å². The zero-order chi connectivity index (χ0) is 28.9. The molecule has 3 atom stereocenters. The number of nitrogens with zero attached hydrogens (tertiary/aromatic N) is 1. The van der Waals surface area contributed by atoms with E-state index in [-0.39, 0.29) is 43.7 Å². The van der Waals surface area contributed by atoms with Gasteiger partial charge in [0.2, 0.25) is 0 Å². The molecule has 0 spiro atoms. The van der Waals surface area contributed by atoms with E-state index in [4.69, 9.17) is 21.1 Å². The number of piperidine rings is 1. The molecular weight excluding hydrogens is 538 g/mol. The Balaban J connectivity index is 1.69. The Morgan fingerprint density at radius 3 is 2.58 bits per heavy atom. The van der Waals surface area contributed by atoms with Crippen molar-refractivity contribution in [1.29, 1.82) is 0 Å². The van der Waals surface area contributed by atoms with Crippen LogP contribution in [0.3, 0.4) is 0 Å². The number of ketones is 1. The Labute approximate surface area is 241 Å². The van der Waals surface area contributed by atoms with E-state index in [0.717, 1.165) is 44.1 Å². The normalized spacial score (nSPS) is 19.3. The van der Waals surface area contributed by atoms with Crippen molar-refractivity contribution in [2.75, 3.05) is 40.0 Å². The van der Waals surface area contributed by atoms with Crippen molar-refractivity contribution in [3.05, 3.63) is 34.9 Å². The van der Waals surface area contributed by atoms with Gasteiger partial charge >= 0.3 is 18.1 Å². The summed E-state index contributed by atoms with van der Waals surface area (Å²) in [6.07, 6.45) is 6.41. The van der Waals surface area contributed by atoms with Gasteiger partial charge in [-0.05, 0) is 49.8 Å². The molecule has 40 heavy (non-hydrogen) atoms. The number of nitrogens with one attached hydrogen (secondary N) is 2. The van der Waals surface area contributed by atoms with Gasteiger partial charge < -0.3 is 29.7 Å². The number of alkyl carbamates (subject to hydrolysis) is 1. The predicted octanol–water partition coefficient (Wildman–Crippen LogP) is 4.65. The van der Waals surface area contributed by atoms with Crippen LogP contribution in [-0.2, 0) is 23.8 Å². The number of methoxy groups -OCH3 is 1. The van der Waals surface area contributed by atoms with Gasteiger partial charge in [-0.15, -0.1) is 0 Å². The summed E-state index contributed by atoms with van der Waals surface area (Å²) in [5.74, 6) is -1.37. The largest absolute Gasteiger partial charge is 0.460 e. The van der Waals surface area contributed by atoms with Crippen LogP contribution in [-0.4, -0.2) is 74.8 Å². The number of amides is 3. The average Bonchev–Trinajstić information content (AvgIpc) is 2.97. The van der Waals surface area contributed by atoms with Crippen LogP contribution < -0.4 is 10.6 Å². The van der Waals surface area contributed by atoms with Crippen LogP contribution in [0.25, 0.3) is 0 Å². The first-order valence-electron chi connectivity index (χ1n) is 14.3. The molecule has 3 rings (SSSR count). The molecule has 0 aromatic heterocycles. The maximum Gasteiger partial charge on any atom is 0.406 e. The van der Waals surface area contributed by atoms with Crippen LogP contribution in [0.15, 0.2) is 24.3 Å². The standard InChI is InChI=1S/C29H42ClN3O7/c1-3-39-27(35)25(34)24(17-20-9-5-4-6-10-20)32-28(36)33-15-8-12-22(19-33)26(21-11-7-13-23(30)18-21)40-16-14-31-29(37)38-2/h7,11,13,18,20,22,24,26H,3-6,8-10,12,14-17,19H2,1-2H3,(H,31,37)(H,32,36). The minimum absolute atomic E-state index is 0.0475. The summed E-state index contributed by atoms with van der Waals surface area (Å²) in [7, 11) is 1.30. The van der Waals surface area contributed by atoms with Gasteiger partial charge in [0.1, 0.15) is 6.04 Å². The van der Waals surface area contributed by atoms with Crippen LogP contribution in [0.5, 0.6) is 0 Å². The van der Waals surface area contributed by atoms with E-state index < -0.39 is 23.9 Å². The molecule has 0 bridgehead atoms. The van der Waals surface area contributed by atoms with Crippen molar-refractivity contribution < 1.29 is 33.4 Å². The molecule has 11 heteroatoms. The van der Waals surface area contributed by atoms with Gasteiger partial charge in [0, 0.05) is 30.6 Å². The first kappa shape index (κ1) is 31.7. The van der Waals surface area contributed by atoms with Gasteiger partial charge in [-0.25, -0.2) is 14.4 Å². The number of hydrogen-bond donors (Lipinski definition) is 2. The lowest BCUT2D eigenvalue weighted by atomic mass is 9.84. The number of rotatable bonds is 12. The minimum Gasteiger partial charge on any atom is -0.460 e. The number of halogens is 1. The number of carbonyl (C=O) groups is 4. The summed E-state index contributed by atoms with van der Waals surface area (Å²) < 4.78 is 15.8. The lowest BCUT2D eigenvalue weighted by Gasteiger charge is -2.38. The second kappa shape index (κ2) is 16.4. The zero-order valence-corrected chi connectivity index (χ0v) is 24.3. The monoisotopic (exact) mass is 579 g/mol. The van der Waals surface area contributed by atoms with Crippen molar-refractivity contribution in [1.82, 2.24) is 15.5 Å². The molecular formula is C29H42ClN3O7. The maximum atomic E-state index is 13.4. The van der Waals surface area contributed by atoms with Crippen molar-refractivity contribution >= 4 is 35.5 Å². The number of ether oxygens (including phenoxy) is 3. The number of Topliss-reactive ketones (excluding diaryl/α,β-unsaturated/α-hetero) is 1. The molecule has 1 aromatic rings. The Bertz CT molecular complexity index is 1000. The Morgan fingerprint density at radius 1 is 1.10 bits per heavy atom. The number of carbonyl (C=O) groups excluding carboxylic acids is 4. The Hall–Kier alpha value is -2.85. The molecule has 3 unspecified atom stereocenters. The first-order chi connectivity index (χ1) is 19.3. The van der Waals surface area contributed by atoms with E-state index in [0.29, 0.717) is 24.5 Å². The summed E-state index contributed by atoms with van der Waals surface area (Å²) in [5, 5.41) is 6.05. The van der Waals surface area contributed by atoms with E-state index in [1.807, 2.05) is 18.2 Å². The third-order valence-corrected chi connectivity index (χ3v) is 7.82.